The molecule has 6 aromatic rings. The van der Waals surface area contributed by atoms with E-state index in [1.54, 1.807) is 0 Å². The second kappa shape index (κ2) is 35.8. The van der Waals surface area contributed by atoms with Gasteiger partial charge in [0.1, 0.15) is 116 Å². The third kappa shape index (κ3) is 16.7. The monoisotopic (exact) mass is 1600 g/mol. The molecule has 6 aromatic carbocycles. The van der Waals surface area contributed by atoms with Crippen molar-refractivity contribution in [2.75, 3.05) is 13.2 Å². The van der Waals surface area contributed by atoms with Crippen LogP contribution in [-0.2, 0) is 28.4 Å². The Bertz CT molecular complexity index is 5280. The first kappa shape index (κ1) is 87.6. The van der Waals surface area contributed by atoms with Gasteiger partial charge in [-0.15, -0.1) is 0 Å². The van der Waals surface area contributed by atoms with Gasteiger partial charge in [-0.05, 0) is 69.7 Å². The van der Waals surface area contributed by atoms with Crippen LogP contribution in [0.5, 0.6) is 0 Å². The first-order valence-electron chi connectivity index (χ1n) is 31.1. The Morgan fingerprint density at radius 2 is 0.446 bits per heavy atom. The molecule has 4 atom stereocenters. The molecule has 0 radical (unpaired) electrons. The summed E-state index contributed by atoms with van der Waals surface area (Å²) in [7, 11) is 0. The molecular weight excluding hydrogens is 1550 g/mol. The van der Waals surface area contributed by atoms with Crippen LogP contribution >= 0.6 is 0 Å². The van der Waals surface area contributed by atoms with Crippen molar-refractivity contribution in [2.24, 2.45) is 30.7 Å². The van der Waals surface area contributed by atoms with Gasteiger partial charge in [0.15, 0.2) is 94.2 Å². The molecule has 30 nitrogen and oxygen atoms in total. The Morgan fingerprint density at radius 1 is 0.268 bits per heavy atom. The van der Waals surface area contributed by atoms with Crippen LogP contribution in [0.15, 0.2) is 30.7 Å². The van der Waals surface area contributed by atoms with Crippen LogP contribution in [0, 0.1) is 112 Å². The second-order valence-electron chi connectivity index (χ2n) is 24.4. The highest BCUT2D eigenvalue weighted by Crippen LogP contribution is 2.44. The molecule has 4 unspecified atom stereocenters. The number of azide groups is 6. The summed E-state index contributed by atoms with van der Waals surface area (Å²) in [6.07, 6.45) is -16.0. The molecular formula is C64H46F18N18O12. The standard InChI is InChI=1S/C64H46F18N18O12/c1-14(2)22-28(35(67)46(78)52(40(22)72)90-96-84)60(102)108-13-21(110-62(104)30-24(16(5)6)42(74)54(92-98-86)48(80)37(30)69)58(112-64(106)32-26(18(9)10)44(76)56(94-100-88)50(82)39(32)71)57(111-63(105)31-25(17(7)8)43(75)55(93-99-87)49(81)38(31)70)20(12-107-59(101)27-19(11)33(65)51(89-95-83)45(77)34(27)66)109-61(103)29-23(15(3)4)41(73)53(91-97-85)47(79)36(29)68/h14-18,20-21,57-58H,12-13H2,1-11H3. The molecule has 0 bridgehead atoms. The largest absolute Gasteiger partial charge is 0.458 e. The molecule has 0 spiro atoms. The van der Waals surface area contributed by atoms with Crippen LogP contribution in [0.2, 0.25) is 0 Å². The Morgan fingerprint density at radius 3 is 0.652 bits per heavy atom. The first-order chi connectivity index (χ1) is 52.5. The molecule has 112 heavy (non-hydrogen) atoms. The molecule has 0 heterocycles. The zero-order chi connectivity index (χ0) is 84.6. The maximum atomic E-state index is 17.1. The molecule has 0 aliphatic carbocycles. The van der Waals surface area contributed by atoms with E-state index in [9.17, 15) is 31.7 Å². The van der Waals surface area contributed by atoms with Crippen molar-refractivity contribution in [1.82, 2.24) is 0 Å². The van der Waals surface area contributed by atoms with Crippen molar-refractivity contribution in [1.29, 1.82) is 0 Å². The lowest BCUT2D eigenvalue weighted by Crippen LogP contribution is -2.55. The number of benzene rings is 6. The van der Waals surface area contributed by atoms with E-state index in [1.165, 1.54) is 0 Å². The fourth-order valence-electron chi connectivity index (χ4n) is 11.2. The normalized spacial score (nSPS) is 12.2. The van der Waals surface area contributed by atoms with Gasteiger partial charge in [-0.25, -0.2) is 108 Å². The van der Waals surface area contributed by atoms with Gasteiger partial charge in [-0.1, -0.05) is 99.9 Å². The summed E-state index contributed by atoms with van der Waals surface area (Å²) < 4.78 is 328. The predicted molar refractivity (Wildman–Crippen MR) is 343 cm³/mol. The summed E-state index contributed by atoms with van der Waals surface area (Å²) in [5.74, 6) is -70.6. The summed E-state index contributed by atoms with van der Waals surface area (Å²) >= 11 is 0. The molecule has 0 aromatic heterocycles. The summed E-state index contributed by atoms with van der Waals surface area (Å²) in [4.78, 5) is 103. The number of rotatable bonds is 28. The number of hydrogen-bond acceptors (Lipinski definition) is 18. The maximum Gasteiger partial charge on any atom is 0.342 e. The van der Waals surface area contributed by atoms with E-state index in [0.717, 1.165) is 69.2 Å². The lowest BCUT2D eigenvalue weighted by molar-refractivity contribution is -0.139. The minimum Gasteiger partial charge on any atom is -0.458 e. The van der Waals surface area contributed by atoms with Gasteiger partial charge in [0.25, 0.3) is 0 Å². The smallest absolute Gasteiger partial charge is 0.342 e. The Kier molecular flexibility index (Phi) is 28.1. The van der Waals surface area contributed by atoms with Gasteiger partial charge in [-0.3, -0.25) is 0 Å². The third-order valence-corrected chi connectivity index (χ3v) is 16.0. The quantitative estimate of drug-likeness (QED) is 0.00841. The van der Waals surface area contributed by atoms with Crippen molar-refractivity contribution in [2.45, 2.75) is 130 Å². The van der Waals surface area contributed by atoms with E-state index >= 15 is 98.2 Å². The minimum atomic E-state index is -4.14. The van der Waals surface area contributed by atoms with Crippen molar-refractivity contribution in [3.05, 3.63) is 234 Å². The SMILES string of the molecule is Cc1c(F)c(N=[N+]=[N-])c(F)c(F)c1C(=O)OCC(OC(=O)c1c(F)c(F)c(N=[N+]=[N-])c(F)c1C(C)C)C(OC(=O)c1c(F)c(F)c(N=[N+]=[N-])c(F)c1C(C)C)C(OC(=O)c1c(F)c(F)c(N=[N+]=[N-])c(F)c1C(C)C)C(COC(=O)c1c(F)c(F)c(N=[N+]=[N-])c(F)c1C(C)C)OC(=O)c1c(F)c(F)c(N=[N+]=[N-])c(F)c1C(C)C. The fourth-order valence-corrected chi connectivity index (χ4v) is 11.2. The molecule has 590 valence electrons. The average Bonchev–Trinajstić information content (AvgIpc) is 0.764. The second-order valence-corrected chi connectivity index (χ2v) is 24.4. The van der Waals surface area contributed by atoms with Gasteiger partial charge in [0, 0.05) is 62.9 Å². The minimum absolute atomic E-state index is 0.395. The number of carbonyl (C=O) groups excluding carboxylic acids is 6. The van der Waals surface area contributed by atoms with Gasteiger partial charge < -0.3 is 28.4 Å². The van der Waals surface area contributed by atoms with Crippen molar-refractivity contribution < 1.29 is 136 Å². The Hall–Kier alpha value is -13.3. The molecule has 0 N–H and O–H groups in total. The molecule has 0 fully saturated rings. The topological polar surface area (TPSA) is 450 Å². The average molecular weight is 1600 g/mol. The lowest BCUT2D eigenvalue weighted by Gasteiger charge is -2.36. The van der Waals surface area contributed by atoms with Crippen LogP contribution in [0.3, 0.4) is 0 Å². The van der Waals surface area contributed by atoms with Gasteiger partial charge >= 0.3 is 35.8 Å². The highest BCUT2D eigenvalue weighted by atomic mass is 19.2. The van der Waals surface area contributed by atoms with Gasteiger partial charge in [0.2, 0.25) is 0 Å². The molecule has 6 rings (SSSR count). The molecule has 0 saturated carbocycles. The lowest BCUT2D eigenvalue weighted by atomic mass is 9.93. The van der Waals surface area contributed by atoms with Crippen molar-refractivity contribution in [3.8, 4) is 0 Å². The molecule has 0 aliphatic rings. The summed E-state index contributed by atoms with van der Waals surface area (Å²) in [5.41, 5.74) is 21.9. The first-order valence-corrected chi connectivity index (χ1v) is 31.1. The zero-order valence-electron chi connectivity index (χ0n) is 58.4. The van der Waals surface area contributed by atoms with E-state index in [1.807, 2.05) is 0 Å². The van der Waals surface area contributed by atoms with E-state index in [0.29, 0.717) is 6.92 Å². The van der Waals surface area contributed by atoms with E-state index in [4.69, 9.17) is 39.5 Å². The summed E-state index contributed by atoms with van der Waals surface area (Å²) in [5, 5.41) is 16.0. The number of nitrogens with zero attached hydrogens (tertiary/aromatic N) is 18. The van der Waals surface area contributed by atoms with Crippen molar-refractivity contribution in [3.63, 3.8) is 0 Å². The third-order valence-electron chi connectivity index (χ3n) is 16.0. The van der Waals surface area contributed by atoms with Crippen LogP contribution in [0.1, 0.15) is 194 Å². The number of carbonyl (C=O) groups is 6. The van der Waals surface area contributed by atoms with Gasteiger partial charge in [-0.2, -0.15) is 0 Å². The molecule has 0 aliphatic heterocycles. The van der Waals surface area contributed by atoms with Crippen LogP contribution in [0.25, 0.3) is 62.7 Å². The van der Waals surface area contributed by atoms with Gasteiger partial charge in [0.05, 0.1) is 0 Å². The van der Waals surface area contributed by atoms with E-state index < -0.39 is 309 Å². The zero-order valence-corrected chi connectivity index (χ0v) is 58.4. The summed E-state index contributed by atoms with van der Waals surface area (Å²) in [6.45, 7) is 3.75. The Balaban J connectivity index is 1.98. The molecule has 48 heteroatoms. The van der Waals surface area contributed by atoms with Crippen molar-refractivity contribution >= 4 is 69.9 Å². The number of hydrogen-bond donors (Lipinski definition) is 0. The maximum absolute atomic E-state index is 17.1. The molecule has 0 saturated heterocycles. The predicted octanol–water partition coefficient (Wildman–Crippen LogP) is 21.7. The van der Waals surface area contributed by atoms with Crippen LogP contribution in [0.4, 0.5) is 113 Å². The molecule has 0 amide bonds. The van der Waals surface area contributed by atoms with Crippen LogP contribution < -0.4 is 0 Å². The number of ether oxygens (including phenoxy) is 6. The van der Waals surface area contributed by atoms with E-state index in [2.05, 4.69) is 60.2 Å². The highest BCUT2D eigenvalue weighted by Gasteiger charge is 2.50. The summed E-state index contributed by atoms with van der Waals surface area (Å²) in [6, 6.07) is 0. The van der Waals surface area contributed by atoms with Crippen LogP contribution in [-0.4, -0.2) is 73.4 Å². The fraction of sp³-hybridized carbons (Fsp3) is 0.344. The number of esters is 6. The van der Waals surface area contributed by atoms with E-state index in [-0.39, 0.29) is 0 Å². The Labute approximate surface area is 612 Å². The number of halogens is 18. The highest BCUT2D eigenvalue weighted by molar-refractivity contribution is 5.97.